The third-order valence-electron chi connectivity index (χ3n) is 4.04. The van der Waals surface area contributed by atoms with Crippen molar-refractivity contribution in [3.05, 3.63) is 0 Å². The second kappa shape index (κ2) is 5.92. The van der Waals surface area contributed by atoms with E-state index in [1.165, 1.54) is 0 Å². The fraction of sp³-hybridized carbons (Fsp3) is 0.867. The summed E-state index contributed by atoms with van der Waals surface area (Å²) in [4.78, 5) is 22.9. The molecule has 3 heterocycles. The largest absolute Gasteiger partial charge is 0.550 e. The van der Waals surface area contributed by atoms with Gasteiger partial charge in [-0.15, -0.1) is 0 Å². The summed E-state index contributed by atoms with van der Waals surface area (Å²) in [5, 5.41) is 13.0. The van der Waals surface area contributed by atoms with Crippen LogP contribution in [0, 0.1) is 0 Å². The van der Waals surface area contributed by atoms with Gasteiger partial charge in [-0.25, -0.2) is 0 Å². The molecule has 0 radical (unpaired) electrons. The number of ether oxygens (including phenoxy) is 5. The van der Waals surface area contributed by atoms with Crippen LogP contribution in [0.2, 0.25) is 0 Å². The lowest BCUT2D eigenvalue weighted by Crippen LogP contribution is -2.59. The topological polar surface area (TPSA) is 115 Å². The molecule has 1 amide bonds. The zero-order valence-electron chi connectivity index (χ0n) is 14.1. The molecule has 0 unspecified atom stereocenters. The van der Waals surface area contributed by atoms with Crippen molar-refractivity contribution in [2.45, 2.75) is 76.4 Å². The quantitative estimate of drug-likeness (QED) is 0.665. The van der Waals surface area contributed by atoms with Crippen molar-refractivity contribution in [1.29, 1.82) is 0 Å². The molecule has 3 rings (SSSR count). The molecule has 0 saturated carbocycles. The van der Waals surface area contributed by atoms with Crippen LogP contribution in [-0.4, -0.2) is 60.7 Å². The highest BCUT2D eigenvalue weighted by molar-refractivity contribution is 5.82. The molecule has 5 atom stereocenters. The maximum Gasteiger partial charge on any atom is 0.252 e. The highest BCUT2D eigenvalue weighted by atomic mass is 16.9. The van der Waals surface area contributed by atoms with Gasteiger partial charge in [0.25, 0.3) is 5.91 Å². The van der Waals surface area contributed by atoms with Gasteiger partial charge in [0.2, 0.25) is 0 Å². The molecule has 3 aliphatic rings. The Morgan fingerprint density at radius 3 is 2.21 bits per heavy atom. The highest BCUT2D eigenvalue weighted by Crippen LogP contribution is 2.44. The maximum absolute atomic E-state index is 12.4. The number of hydrogen-bond donors (Lipinski definition) is 1. The lowest BCUT2D eigenvalue weighted by molar-refractivity contribution is -0.305. The molecule has 3 fully saturated rings. The van der Waals surface area contributed by atoms with Crippen LogP contribution in [0.4, 0.5) is 0 Å². The van der Waals surface area contributed by atoms with Gasteiger partial charge in [0.15, 0.2) is 24.0 Å². The number of rotatable bonds is 4. The molecule has 0 aromatic rings. The summed E-state index contributed by atoms with van der Waals surface area (Å²) in [6, 6.07) is 0. The van der Waals surface area contributed by atoms with Crippen molar-refractivity contribution < 1.29 is 38.4 Å². The van der Waals surface area contributed by atoms with E-state index in [-0.39, 0.29) is 13.0 Å². The molecular formula is C15H22NO8-. The van der Waals surface area contributed by atoms with Gasteiger partial charge in [0.05, 0.1) is 0 Å². The zero-order chi connectivity index (χ0) is 17.7. The average Bonchev–Trinajstić information content (AvgIpc) is 2.91. The molecule has 1 N–H and O–H groups in total. The van der Waals surface area contributed by atoms with Crippen LogP contribution < -0.4 is 10.4 Å². The predicted octanol–water partition coefficient (Wildman–Crippen LogP) is -1.36. The summed E-state index contributed by atoms with van der Waals surface area (Å²) in [6.07, 6.45) is -3.76. The van der Waals surface area contributed by atoms with E-state index in [1.807, 2.05) is 0 Å². The predicted molar refractivity (Wildman–Crippen MR) is 75.2 cm³/mol. The zero-order valence-corrected chi connectivity index (χ0v) is 14.1. The van der Waals surface area contributed by atoms with Gasteiger partial charge in [0, 0.05) is 18.9 Å². The molecule has 0 aromatic carbocycles. The first-order valence-electron chi connectivity index (χ1n) is 7.92. The van der Waals surface area contributed by atoms with Crippen LogP contribution in [0.25, 0.3) is 0 Å². The fourth-order valence-corrected chi connectivity index (χ4v) is 3.21. The number of aliphatic carboxylic acids is 1. The van der Waals surface area contributed by atoms with Crippen molar-refractivity contribution >= 4 is 11.9 Å². The van der Waals surface area contributed by atoms with Gasteiger partial charge in [-0.05, 0) is 27.7 Å². The molecule has 136 valence electrons. The molecule has 24 heavy (non-hydrogen) atoms. The summed E-state index contributed by atoms with van der Waals surface area (Å²) in [7, 11) is 0. The van der Waals surface area contributed by atoms with Crippen LogP contribution in [0.15, 0.2) is 0 Å². The summed E-state index contributed by atoms with van der Waals surface area (Å²) < 4.78 is 29.0. The van der Waals surface area contributed by atoms with Crippen molar-refractivity contribution in [3.63, 3.8) is 0 Å². The molecule has 0 aromatic heterocycles. The summed E-state index contributed by atoms with van der Waals surface area (Å²) >= 11 is 0. The Labute approximate surface area is 139 Å². The number of carboxylic acid groups (broad SMARTS) is 1. The molecule has 3 saturated heterocycles. The minimum absolute atomic E-state index is 0.0559. The summed E-state index contributed by atoms with van der Waals surface area (Å²) in [5.74, 6) is -3.49. The normalized spacial score (nSPS) is 39.1. The molecule has 0 aliphatic carbocycles. The maximum atomic E-state index is 12.4. The van der Waals surface area contributed by atoms with Gasteiger partial charge < -0.3 is 38.9 Å². The average molecular weight is 344 g/mol. The van der Waals surface area contributed by atoms with Crippen molar-refractivity contribution in [3.8, 4) is 0 Å². The minimum atomic E-state index is -1.24. The SMILES string of the molecule is CC1(C)O[C@@H]2[C@@H](O1)[C@H](C(=O)NCCC(=O)[O-])O[C@H]1OC(C)(C)O[C@@H]12. The van der Waals surface area contributed by atoms with E-state index in [0.29, 0.717) is 0 Å². The molecule has 0 bridgehead atoms. The van der Waals surface area contributed by atoms with Gasteiger partial charge >= 0.3 is 0 Å². The van der Waals surface area contributed by atoms with E-state index >= 15 is 0 Å². The Morgan fingerprint density at radius 2 is 1.54 bits per heavy atom. The van der Waals surface area contributed by atoms with E-state index in [0.717, 1.165) is 0 Å². The van der Waals surface area contributed by atoms with Crippen molar-refractivity contribution in [2.75, 3.05) is 6.54 Å². The van der Waals surface area contributed by atoms with Gasteiger partial charge in [-0.3, -0.25) is 4.79 Å². The second-order valence-corrected chi connectivity index (χ2v) is 7.00. The van der Waals surface area contributed by atoms with Gasteiger partial charge in [-0.1, -0.05) is 0 Å². The van der Waals surface area contributed by atoms with E-state index in [2.05, 4.69) is 5.32 Å². The molecule has 3 aliphatic heterocycles. The van der Waals surface area contributed by atoms with Crippen LogP contribution in [0.5, 0.6) is 0 Å². The first-order valence-corrected chi connectivity index (χ1v) is 7.92. The van der Waals surface area contributed by atoms with E-state index in [4.69, 9.17) is 23.7 Å². The lowest BCUT2D eigenvalue weighted by Gasteiger charge is -2.36. The van der Waals surface area contributed by atoms with Gasteiger partial charge in [0.1, 0.15) is 18.3 Å². The number of carbonyl (C=O) groups is 2. The van der Waals surface area contributed by atoms with Crippen LogP contribution in [0.3, 0.4) is 0 Å². The molecular weight excluding hydrogens is 322 g/mol. The number of amides is 1. The first-order chi connectivity index (χ1) is 11.1. The van der Waals surface area contributed by atoms with E-state index < -0.39 is 54.2 Å². The Bertz CT molecular complexity index is 534. The molecule has 9 heteroatoms. The van der Waals surface area contributed by atoms with Crippen LogP contribution in [0.1, 0.15) is 34.1 Å². The standard InChI is InChI=1S/C15H23NO8/c1-14(2)21-8-9(22-14)11-13(24-15(3,4)23-11)20-10(8)12(19)16-6-5-7(17)18/h8-11,13H,5-6H2,1-4H3,(H,16,19)(H,17,18)/p-1/t8-,9-,10-,11-,13+/m1/s1. The number of carboxylic acids is 1. The van der Waals surface area contributed by atoms with Crippen LogP contribution >= 0.6 is 0 Å². The third-order valence-corrected chi connectivity index (χ3v) is 4.04. The van der Waals surface area contributed by atoms with Crippen molar-refractivity contribution in [1.82, 2.24) is 5.32 Å². The Hall–Kier alpha value is -1.26. The first kappa shape index (κ1) is 17.6. The smallest absolute Gasteiger partial charge is 0.252 e. The Balaban J connectivity index is 1.75. The lowest BCUT2D eigenvalue weighted by atomic mass is 9.98. The fourth-order valence-electron chi connectivity index (χ4n) is 3.21. The highest BCUT2D eigenvalue weighted by Gasteiger charge is 2.62. The van der Waals surface area contributed by atoms with Crippen molar-refractivity contribution in [2.24, 2.45) is 0 Å². The van der Waals surface area contributed by atoms with Crippen LogP contribution in [-0.2, 0) is 33.3 Å². The monoisotopic (exact) mass is 344 g/mol. The number of hydrogen-bond acceptors (Lipinski definition) is 8. The van der Waals surface area contributed by atoms with Gasteiger partial charge in [-0.2, -0.15) is 0 Å². The number of carbonyl (C=O) groups excluding carboxylic acids is 2. The second-order valence-electron chi connectivity index (χ2n) is 7.00. The Kier molecular flexibility index (Phi) is 4.33. The molecule has 0 spiro atoms. The minimum Gasteiger partial charge on any atom is -0.550 e. The van der Waals surface area contributed by atoms with E-state index in [1.54, 1.807) is 27.7 Å². The Morgan fingerprint density at radius 1 is 0.958 bits per heavy atom. The number of fused-ring (bicyclic) bond motifs is 3. The number of nitrogens with one attached hydrogen (secondary N) is 1. The van der Waals surface area contributed by atoms with E-state index in [9.17, 15) is 14.7 Å². The summed E-state index contributed by atoms with van der Waals surface area (Å²) in [6.45, 7) is 6.93. The third kappa shape index (κ3) is 3.40. The molecule has 9 nitrogen and oxygen atoms in total. The summed E-state index contributed by atoms with van der Waals surface area (Å²) in [5.41, 5.74) is 0.